The molecule has 0 fully saturated rings. The molecule has 0 aliphatic rings. The van der Waals surface area contributed by atoms with Crippen molar-refractivity contribution in [2.24, 2.45) is 0 Å². The van der Waals surface area contributed by atoms with E-state index in [4.69, 9.17) is 16.7 Å². The molecule has 0 radical (unpaired) electrons. The minimum Gasteiger partial charge on any atom is -0.396 e. The van der Waals surface area contributed by atoms with Crippen LogP contribution in [0.5, 0.6) is 0 Å². The zero-order valence-corrected chi connectivity index (χ0v) is 10.6. The van der Waals surface area contributed by atoms with Crippen LogP contribution in [0.25, 0.3) is 0 Å². The highest BCUT2D eigenvalue weighted by atomic mass is 35.5. The molecule has 0 saturated carbocycles. The Balaban J connectivity index is 2.28. The summed E-state index contributed by atoms with van der Waals surface area (Å²) in [5, 5.41) is 20.4. The lowest BCUT2D eigenvalue weighted by Gasteiger charge is -2.28. The minimum absolute atomic E-state index is 0.0895. The van der Waals surface area contributed by atoms with Crippen molar-refractivity contribution in [3.8, 4) is 0 Å². The Morgan fingerprint density at radius 1 is 1.28 bits per heavy atom. The number of hydrogen-bond acceptors (Lipinski definition) is 3. The Morgan fingerprint density at radius 3 is 2.56 bits per heavy atom. The van der Waals surface area contributed by atoms with E-state index in [1.807, 2.05) is 0 Å². The Labute approximate surface area is 110 Å². The first-order valence-electron chi connectivity index (χ1n) is 5.69. The first-order chi connectivity index (χ1) is 8.64. The number of benzene rings is 1. The SMILES string of the molecule is OCCC(O)(Cn1ccnc1)c1ccc(Cl)cc1. The number of aliphatic hydroxyl groups is 2. The highest BCUT2D eigenvalue weighted by Crippen LogP contribution is 2.28. The quantitative estimate of drug-likeness (QED) is 0.868. The molecule has 1 aromatic carbocycles. The number of aliphatic hydroxyl groups excluding tert-OH is 1. The maximum absolute atomic E-state index is 10.7. The van der Waals surface area contributed by atoms with Crippen LogP contribution >= 0.6 is 11.6 Å². The Bertz CT molecular complexity index is 484. The molecule has 0 spiro atoms. The van der Waals surface area contributed by atoms with Crippen molar-refractivity contribution in [1.29, 1.82) is 0 Å². The van der Waals surface area contributed by atoms with Crippen LogP contribution in [0.4, 0.5) is 0 Å². The third kappa shape index (κ3) is 2.90. The number of halogens is 1. The van der Waals surface area contributed by atoms with Crippen LogP contribution in [0.15, 0.2) is 43.0 Å². The van der Waals surface area contributed by atoms with Gasteiger partial charge in [0.15, 0.2) is 0 Å². The molecule has 2 N–H and O–H groups in total. The van der Waals surface area contributed by atoms with E-state index in [-0.39, 0.29) is 13.0 Å². The van der Waals surface area contributed by atoms with Gasteiger partial charge in [0.2, 0.25) is 0 Å². The zero-order valence-electron chi connectivity index (χ0n) is 9.83. The fraction of sp³-hybridized carbons (Fsp3) is 0.308. The van der Waals surface area contributed by atoms with Gasteiger partial charge in [-0.2, -0.15) is 0 Å². The van der Waals surface area contributed by atoms with Crippen molar-refractivity contribution in [3.05, 3.63) is 53.6 Å². The molecule has 96 valence electrons. The van der Waals surface area contributed by atoms with Crippen LogP contribution in [-0.2, 0) is 12.1 Å². The lowest BCUT2D eigenvalue weighted by Crippen LogP contribution is -2.32. The van der Waals surface area contributed by atoms with Crippen LogP contribution in [0.1, 0.15) is 12.0 Å². The number of nitrogens with zero attached hydrogens (tertiary/aromatic N) is 2. The molecule has 0 bridgehead atoms. The topological polar surface area (TPSA) is 58.3 Å². The van der Waals surface area contributed by atoms with Crippen LogP contribution in [-0.4, -0.2) is 26.4 Å². The smallest absolute Gasteiger partial charge is 0.110 e. The van der Waals surface area contributed by atoms with Gasteiger partial charge in [0.25, 0.3) is 0 Å². The van der Waals surface area contributed by atoms with Gasteiger partial charge in [-0.3, -0.25) is 0 Å². The van der Waals surface area contributed by atoms with E-state index in [0.717, 1.165) is 5.56 Å². The lowest BCUT2D eigenvalue weighted by molar-refractivity contribution is -0.00466. The van der Waals surface area contributed by atoms with Crippen LogP contribution in [0, 0.1) is 0 Å². The largest absolute Gasteiger partial charge is 0.396 e. The van der Waals surface area contributed by atoms with Crippen molar-refractivity contribution in [2.75, 3.05) is 6.61 Å². The third-order valence-electron chi connectivity index (χ3n) is 2.91. The highest BCUT2D eigenvalue weighted by molar-refractivity contribution is 6.30. The fourth-order valence-corrected chi connectivity index (χ4v) is 2.07. The number of rotatable bonds is 5. The summed E-state index contributed by atoms with van der Waals surface area (Å²) in [6.45, 7) is 0.253. The summed E-state index contributed by atoms with van der Waals surface area (Å²) in [6, 6.07) is 7.00. The molecule has 0 saturated heterocycles. The predicted molar refractivity (Wildman–Crippen MR) is 69.3 cm³/mol. The molecule has 5 heteroatoms. The van der Waals surface area contributed by atoms with Crippen molar-refractivity contribution in [1.82, 2.24) is 9.55 Å². The van der Waals surface area contributed by atoms with Crippen molar-refractivity contribution in [2.45, 2.75) is 18.6 Å². The Kier molecular flexibility index (Phi) is 4.01. The maximum atomic E-state index is 10.7. The molecule has 1 unspecified atom stereocenters. The lowest BCUT2D eigenvalue weighted by atomic mass is 9.90. The summed E-state index contributed by atoms with van der Waals surface area (Å²) < 4.78 is 1.78. The van der Waals surface area contributed by atoms with Gasteiger partial charge in [-0.15, -0.1) is 0 Å². The van der Waals surface area contributed by atoms with E-state index in [9.17, 15) is 5.11 Å². The molecule has 1 aromatic heterocycles. The Hall–Kier alpha value is -1.36. The van der Waals surface area contributed by atoms with Crippen LogP contribution < -0.4 is 0 Å². The summed E-state index contributed by atoms with van der Waals surface area (Å²) in [5.41, 5.74) is -0.394. The molecular formula is C13H15ClN2O2. The van der Waals surface area contributed by atoms with E-state index in [1.54, 1.807) is 47.6 Å². The fourth-order valence-electron chi connectivity index (χ4n) is 1.94. The van der Waals surface area contributed by atoms with Gasteiger partial charge in [-0.25, -0.2) is 4.98 Å². The molecule has 0 aliphatic carbocycles. The summed E-state index contributed by atoms with van der Waals surface area (Å²) in [7, 11) is 0. The second-order valence-electron chi connectivity index (χ2n) is 4.25. The Morgan fingerprint density at radius 2 is 2.00 bits per heavy atom. The van der Waals surface area contributed by atoms with Gasteiger partial charge in [0.05, 0.1) is 12.9 Å². The number of hydrogen-bond donors (Lipinski definition) is 2. The van der Waals surface area contributed by atoms with Gasteiger partial charge in [0, 0.05) is 30.4 Å². The van der Waals surface area contributed by atoms with Crippen LogP contribution in [0.2, 0.25) is 5.02 Å². The van der Waals surface area contributed by atoms with E-state index in [0.29, 0.717) is 11.6 Å². The van der Waals surface area contributed by atoms with Crippen molar-refractivity contribution in [3.63, 3.8) is 0 Å². The average Bonchev–Trinajstić information content (AvgIpc) is 2.82. The van der Waals surface area contributed by atoms with Crippen LogP contribution in [0.3, 0.4) is 0 Å². The molecule has 0 amide bonds. The van der Waals surface area contributed by atoms with E-state index in [2.05, 4.69) is 4.98 Å². The monoisotopic (exact) mass is 266 g/mol. The van der Waals surface area contributed by atoms with E-state index >= 15 is 0 Å². The van der Waals surface area contributed by atoms with Gasteiger partial charge in [0.1, 0.15) is 5.60 Å². The van der Waals surface area contributed by atoms with E-state index < -0.39 is 5.60 Å². The van der Waals surface area contributed by atoms with Crippen molar-refractivity contribution >= 4 is 11.6 Å². The summed E-state index contributed by atoms with van der Waals surface area (Å²) in [5.74, 6) is 0. The van der Waals surface area contributed by atoms with Gasteiger partial charge >= 0.3 is 0 Å². The summed E-state index contributed by atoms with van der Waals surface area (Å²) in [6.07, 6.45) is 5.32. The molecule has 1 heterocycles. The second-order valence-corrected chi connectivity index (χ2v) is 4.68. The standard InChI is InChI=1S/C13H15ClN2O2/c14-12-3-1-11(2-4-12)13(18,5-8-17)9-16-7-6-15-10-16/h1-4,6-7,10,17-18H,5,8-9H2. The zero-order chi connectivity index (χ0) is 13.0. The molecular weight excluding hydrogens is 252 g/mol. The van der Waals surface area contributed by atoms with E-state index in [1.165, 1.54) is 0 Å². The predicted octanol–water partition coefficient (Wildman–Crippen LogP) is 1.81. The first kappa shape index (κ1) is 13.1. The molecule has 4 nitrogen and oxygen atoms in total. The molecule has 18 heavy (non-hydrogen) atoms. The van der Waals surface area contributed by atoms with Gasteiger partial charge in [-0.05, 0) is 17.7 Å². The molecule has 0 aliphatic heterocycles. The van der Waals surface area contributed by atoms with Crippen molar-refractivity contribution < 1.29 is 10.2 Å². The number of aromatic nitrogens is 2. The summed E-state index contributed by atoms with van der Waals surface area (Å²) >= 11 is 5.84. The van der Waals surface area contributed by atoms with Gasteiger partial charge in [-0.1, -0.05) is 23.7 Å². The molecule has 2 rings (SSSR count). The number of imidazole rings is 1. The maximum Gasteiger partial charge on any atom is 0.110 e. The average molecular weight is 267 g/mol. The van der Waals surface area contributed by atoms with Gasteiger partial charge < -0.3 is 14.8 Å². The second kappa shape index (κ2) is 5.52. The molecule has 2 aromatic rings. The third-order valence-corrected chi connectivity index (χ3v) is 3.16. The highest BCUT2D eigenvalue weighted by Gasteiger charge is 2.29. The normalized spacial score (nSPS) is 14.4. The minimum atomic E-state index is -1.12. The molecule has 1 atom stereocenters. The first-order valence-corrected chi connectivity index (χ1v) is 6.07. The summed E-state index contributed by atoms with van der Waals surface area (Å²) in [4.78, 5) is 3.94.